The van der Waals surface area contributed by atoms with Crippen LogP contribution in [-0.2, 0) is 0 Å². The Kier molecular flexibility index (Phi) is 2.23. The molecule has 0 amide bonds. The number of piperidine rings is 1. The summed E-state index contributed by atoms with van der Waals surface area (Å²) in [6, 6.07) is 0. The Labute approximate surface area is 67.4 Å². The van der Waals surface area contributed by atoms with Crippen LogP contribution in [0.5, 0.6) is 0 Å². The molecule has 0 aromatic heterocycles. The van der Waals surface area contributed by atoms with Crippen molar-refractivity contribution < 1.29 is 10.2 Å². The van der Waals surface area contributed by atoms with Gasteiger partial charge in [-0.25, -0.2) is 0 Å². The first kappa shape index (κ1) is 8.97. The summed E-state index contributed by atoms with van der Waals surface area (Å²) in [6.07, 6.45) is 1.59. The molecule has 1 saturated heterocycles. The van der Waals surface area contributed by atoms with E-state index >= 15 is 0 Å². The van der Waals surface area contributed by atoms with E-state index in [2.05, 4.69) is 5.32 Å². The Hall–Kier alpha value is -0.120. The maximum Gasteiger partial charge on any atom is 0.0744 e. The highest BCUT2D eigenvalue weighted by molar-refractivity contribution is 4.93. The molecule has 1 fully saturated rings. The molecule has 1 aliphatic rings. The molecule has 2 atom stereocenters. The lowest BCUT2D eigenvalue weighted by molar-refractivity contribution is -0.00478. The van der Waals surface area contributed by atoms with Gasteiger partial charge in [-0.2, -0.15) is 0 Å². The Morgan fingerprint density at radius 2 is 2.00 bits per heavy atom. The highest BCUT2D eigenvalue weighted by Crippen LogP contribution is 2.24. The first-order valence-corrected chi connectivity index (χ1v) is 4.06. The lowest BCUT2D eigenvalue weighted by atomic mass is 9.84. The molecule has 0 aliphatic carbocycles. The molecule has 3 N–H and O–H groups in total. The monoisotopic (exact) mass is 159 g/mol. The number of rotatable bonds is 1. The van der Waals surface area contributed by atoms with E-state index in [-0.39, 0.29) is 12.1 Å². The van der Waals surface area contributed by atoms with E-state index in [0.717, 1.165) is 12.8 Å². The van der Waals surface area contributed by atoms with Gasteiger partial charge < -0.3 is 15.5 Å². The molecule has 3 heteroatoms. The molecule has 0 aromatic carbocycles. The molecule has 0 bridgehead atoms. The van der Waals surface area contributed by atoms with Crippen molar-refractivity contribution in [1.29, 1.82) is 0 Å². The van der Waals surface area contributed by atoms with Gasteiger partial charge in [-0.3, -0.25) is 0 Å². The second-order valence-electron chi connectivity index (χ2n) is 4.07. The van der Waals surface area contributed by atoms with E-state index in [1.807, 2.05) is 13.8 Å². The maximum atomic E-state index is 9.56. The molecule has 0 saturated carbocycles. The van der Waals surface area contributed by atoms with Gasteiger partial charge in [0, 0.05) is 12.1 Å². The molecule has 11 heavy (non-hydrogen) atoms. The zero-order valence-corrected chi connectivity index (χ0v) is 7.22. The van der Waals surface area contributed by atoms with Crippen LogP contribution in [0.1, 0.15) is 26.7 Å². The number of hydrogen-bond acceptors (Lipinski definition) is 3. The van der Waals surface area contributed by atoms with Crippen LogP contribution in [0, 0.1) is 0 Å². The largest absolute Gasteiger partial charge is 0.394 e. The van der Waals surface area contributed by atoms with Gasteiger partial charge in [0.2, 0.25) is 0 Å². The summed E-state index contributed by atoms with van der Waals surface area (Å²) in [5.41, 5.74) is -0.767. The predicted octanol–water partition coefficient (Wildman–Crippen LogP) is -0.128. The van der Waals surface area contributed by atoms with Crippen molar-refractivity contribution in [2.75, 3.05) is 13.2 Å². The second-order valence-corrected chi connectivity index (χ2v) is 4.07. The minimum absolute atomic E-state index is 0.142. The van der Waals surface area contributed by atoms with E-state index in [9.17, 15) is 5.11 Å². The number of hydrogen-bond donors (Lipinski definition) is 3. The number of aliphatic hydroxyl groups excluding tert-OH is 1. The van der Waals surface area contributed by atoms with E-state index in [1.165, 1.54) is 0 Å². The zero-order chi connectivity index (χ0) is 8.54. The van der Waals surface area contributed by atoms with Gasteiger partial charge in [0.25, 0.3) is 0 Å². The van der Waals surface area contributed by atoms with Crippen LogP contribution in [0.4, 0.5) is 0 Å². The summed E-state index contributed by atoms with van der Waals surface area (Å²) in [4.78, 5) is 0. The SMILES string of the molecule is C[C@@]1(O)CC[C@](C)(CO)NC1. The third kappa shape index (κ3) is 2.15. The van der Waals surface area contributed by atoms with Crippen LogP contribution >= 0.6 is 0 Å². The van der Waals surface area contributed by atoms with Crippen molar-refractivity contribution in [3.05, 3.63) is 0 Å². The third-order valence-corrected chi connectivity index (χ3v) is 2.46. The summed E-state index contributed by atoms with van der Waals surface area (Å²) in [7, 11) is 0. The van der Waals surface area contributed by atoms with E-state index in [4.69, 9.17) is 5.11 Å². The lowest BCUT2D eigenvalue weighted by Gasteiger charge is -2.40. The van der Waals surface area contributed by atoms with Gasteiger partial charge in [0.05, 0.1) is 12.2 Å². The summed E-state index contributed by atoms with van der Waals surface area (Å²) >= 11 is 0. The minimum Gasteiger partial charge on any atom is -0.394 e. The third-order valence-electron chi connectivity index (χ3n) is 2.46. The molecule has 1 rings (SSSR count). The van der Waals surface area contributed by atoms with Crippen LogP contribution in [-0.4, -0.2) is 34.5 Å². The average molecular weight is 159 g/mol. The van der Waals surface area contributed by atoms with Crippen LogP contribution in [0.2, 0.25) is 0 Å². The predicted molar refractivity (Wildman–Crippen MR) is 43.4 cm³/mol. The molecule has 0 radical (unpaired) electrons. The normalized spacial score (nSPS) is 45.8. The van der Waals surface area contributed by atoms with Crippen molar-refractivity contribution in [2.45, 2.75) is 37.8 Å². The standard InChI is InChI=1S/C8H17NO2/c1-7(6-10)3-4-8(2,11)5-9-7/h9-11H,3-6H2,1-2H3/t7-,8-/m1/s1. The van der Waals surface area contributed by atoms with Gasteiger partial charge in [0.15, 0.2) is 0 Å². The molecule has 3 nitrogen and oxygen atoms in total. The first-order chi connectivity index (χ1) is 4.97. The fourth-order valence-corrected chi connectivity index (χ4v) is 1.26. The van der Waals surface area contributed by atoms with Gasteiger partial charge >= 0.3 is 0 Å². The van der Waals surface area contributed by atoms with E-state index < -0.39 is 5.60 Å². The van der Waals surface area contributed by atoms with Crippen LogP contribution in [0.3, 0.4) is 0 Å². The molecule has 0 aromatic rings. The van der Waals surface area contributed by atoms with Crippen LogP contribution < -0.4 is 5.32 Å². The van der Waals surface area contributed by atoms with Gasteiger partial charge in [-0.05, 0) is 26.7 Å². The Bertz CT molecular complexity index is 135. The summed E-state index contributed by atoms with van der Waals surface area (Å²) < 4.78 is 0. The quantitative estimate of drug-likeness (QED) is 0.499. The topological polar surface area (TPSA) is 52.5 Å². The second kappa shape index (κ2) is 2.73. The molecular weight excluding hydrogens is 142 g/mol. The molecule has 1 heterocycles. The Morgan fingerprint density at radius 1 is 1.36 bits per heavy atom. The summed E-state index contributed by atoms with van der Waals surface area (Å²) in [5, 5.41) is 21.7. The molecule has 1 aliphatic heterocycles. The van der Waals surface area contributed by atoms with Crippen molar-refractivity contribution in [3.8, 4) is 0 Å². The molecule has 66 valence electrons. The maximum absolute atomic E-state index is 9.56. The van der Waals surface area contributed by atoms with Gasteiger partial charge in [-0.15, -0.1) is 0 Å². The number of β-amino-alcohol motifs (C(OH)–C–C–N with tert-alkyl or cyclic N) is 1. The Balaban J connectivity index is 2.48. The van der Waals surface area contributed by atoms with Crippen LogP contribution in [0.15, 0.2) is 0 Å². The fourth-order valence-electron chi connectivity index (χ4n) is 1.26. The fraction of sp³-hybridized carbons (Fsp3) is 1.00. The summed E-state index contributed by atoms with van der Waals surface area (Å²) in [5.74, 6) is 0. The lowest BCUT2D eigenvalue weighted by Crippen LogP contribution is -2.57. The average Bonchev–Trinajstić information content (AvgIpc) is 1.97. The smallest absolute Gasteiger partial charge is 0.0744 e. The van der Waals surface area contributed by atoms with Crippen molar-refractivity contribution in [1.82, 2.24) is 5.32 Å². The number of aliphatic hydroxyl groups is 2. The van der Waals surface area contributed by atoms with Crippen molar-refractivity contribution in [2.24, 2.45) is 0 Å². The Morgan fingerprint density at radius 3 is 2.36 bits per heavy atom. The highest BCUT2D eigenvalue weighted by Gasteiger charge is 2.34. The molecule has 0 spiro atoms. The number of nitrogens with one attached hydrogen (secondary N) is 1. The molecule has 0 unspecified atom stereocenters. The van der Waals surface area contributed by atoms with Crippen molar-refractivity contribution >= 4 is 0 Å². The summed E-state index contributed by atoms with van der Waals surface area (Å²) in [6.45, 7) is 4.51. The highest BCUT2D eigenvalue weighted by atomic mass is 16.3. The van der Waals surface area contributed by atoms with Gasteiger partial charge in [0.1, 0.15) is 0 Å². The van der Waals surface area contributed by atoms with Gasteiger partial charge in [-0.1, -0.05) is 0 Å². The molecular formula is C8H17NO2. The van der Waals surface area contributed by atoms with E-state index in [1.54, 1.807) is 0 Å². The zero-order valence-electron chi connectivity index (χ0n) is 7.22. The van der Waals surface area contributed by atoms with E-state index in [0.29, 0.717) is 6.54 Å². The van der Waals surface area contributed by atoms with Crippen molar-refractivity contribution in [3.63, 3.8) is 0 Å². The minimum atomic E-state index is -0.589. The van der Waals surface area contributed by atoms with Crippen LogP contribution in [0.25, 0.3) is 0 Å². The first-order valence-electron chi connectivity index (χ1n) is 4.06.